The van der Waals surface area contributed by atoms with Gasteiger partial charge in [0.05, 0.1) is 6.54 Å². The number of aryl methyl sites for hydroxylation is 2. The Balaban J connectivity index is 1.43. The van der Waals surface area contributed by atoms with Gasteiger partial charge in [-0.3, -0.25) is 9.58 Å². The van der Waals surface area contributed by atoms with E-state index >= 15 is 0 Å². The average molecular weight is 327 g/mol. The number of halogens is 1. The summed E-state index contributed by atoms with van der Waals surface area (Å²) >= 11 is 0. The Hall–Kier alpha value is -1.68. The molecule has 1 unspecified atom stereocenters. The van der Waals surface area contributed by atoms with Gasteiger partial charge < -0.3 is 0 Å². The number of hydrogen-bond donors (Lipinski definition) is 0. The SMILES string of the molecule is Cc1cc(C2C[C@H]3CC[C@@H](C2)N3CCn2nccc2C)ccc1F. The second-order valence-corrected chi connectivity index (χ2v) is 7.50. The van der Waals surface area contributed by atoms with Crippen LogP contribution in [-0.2, 0) is 6.54 Å². The average Bonchev–Trinajstić information content (AvgIpc) is 3.07. The van der Waals surface area contributed by atoms with E-state index in [1.807, 2.05) is 19.2 Å². The summed E-state index contributed by atoms with van der Waals surface area (Å²) in [5, 5.41) is 4.41. The first-order chi connectivity index (χ1) is 11.6. The molecule has 2 aliphatic rings. The van der Waals surface area contributed by atoms with Crippen LogP contribution in [0.1, 0.15) is 48.4 Å². The van der Waals surface area contributed by atoms with E-state index in [2.05, 4.69) is 33.7 Å². The van der Waals surface area contributed by atoms with Crippen LogP contribution in [0.2, 0.25) is 0 Å². The molecule has 1 aromatic carbocycles. The number of piperidine rings is 1. The third-order valence-corrected chi connectivity index (χ3v) is 6.04. The molecule has 4 rings (SSSR count). The highest BCUT2D eigenvalue weighted by Gasteiger charge is 2.40. The van der Waals surface area contributed by atoms with E-state index in [4.69, 9.17) is 0 Å². The lowest BCUT2D eigenvalue weighted by molar-refractivity contribution is 0.120. The molecule has 2 aromatic rings. The minimum absolute atomic E-state index is 0.0891. The predicted molar refractivity (Wildman–Crippen MR) is 93.6 cm³/mol. The van der Waals surface area contributed by atoms with Gasteiger partial charge in [-0.05, 0) is 68.7 Å². The van der Waals surface area contributed by atoms with Crippen molar-refractivity contribution in [1.29, 1.82) is 0 Å². The number of benzene rings is 1. The lowest BCUT2D eigenvalue weighted by Crippen LogP contribution is -2.43. The van der Waals surface area contributed by atoms with E-state index in [1.165, 1.54) is 36.9 Å². The fraction of sp³-hybridized carbons (Fsp3) is 0.550. The van der Waals surface area contributed by atoms with Crippen LogP contribution in [0, 0.1) is 19.7 Å². The van der Waals surface area contributed by atoms with Gasteiger partial charge in [-0.15, -0.1) is 0 Å². The molecule has 4 heteroatoms. The third-order valence-electron chi connectivity index (χ3n) is 6.04. The second kappa shape index (κ2) is 6.32. The summed E-state index contributed by atoms with van der Waals surface area (Å²) in [6.07, 6.45) is 6.91. The zero-order chi connectivity index (χ0) is 16.7. The second-order valence-electron chi connectivity index (χ2n) is 7.50. The fourth-order valence-electron chi connectivity index (χ4n) is 4.68. The van der Waals surface area contributed by atoms with Gasteiger partial charge in [0.25, 0.3) is 0 Å². The van der Waals surface area contributed by atoms with Crippen LogP contribution in [0.15, 0.2) is 30.5 Å². The van der Waals surface area contributed by atoms with E-state index in [-0.39, 0.29) is 5.82 Å². The van der Waals surface area contributed by atoms with Crippen LogP contribution in [0.3, 0.4) is 0 Å². The van der Waals surface area contributed by atoms with Crippen molar-refractivity contribution in [2.45, 2.75) is 64.1 Å². The van der Waals surface area contributed by atoms with Gasteiger partial charge in [0.2, 0.25) is 0 Å². The summed E-state index contributed by atoms with van der Waals surface area (Å²) in [5.41, 5.74) is 3.34. The zero-order valence-electron chi connectivity index (χ0n) is 14.6. The predicted octanol–water partition coefficient (Wildman–Crippen LogP) is 4.05. The van der Waals surface area contributed by atoms with Crippen molar-refractivity contribution in [2.24, 2.45) is 0 Å². The van der Waals surface area contributed by atoms with Crippen LogP contribution in [0.5, 0.6) is 0 Å². The van der Waals surface area contributed by atoms with Crippen molar-refractivity contribution in [3.05, 3.63) is 53.1 Å². The van der Waals surface area contributed by atoms with Gasteiger partial charge in [0.1, 0.15) is 5.82 Å². The Morgan fingerprint density at radius 1 is 1.08 bits per heavy atom. The fourth-order valence-corrected chi connectivity index (χ4v) is 4.68. The van der Waals surface area contributed by atoms with Crippen molar-refractivity contribution in [3.63, 3.8) is 0 Å². The highest BCUT2D eigenvalue weighted by molar-refractivity contribution is 5.28. The lowest BCUT2D eigenvalue weighted by atomic mass is 9.84. The van der Waals surface area contributed by atoms with Crippen LogP contribution in [0.25, 0.3) is 0 Å². The quantitative estimate of drug-likeness (QED) is 0.845. The smallest absolute Gasteiger partial charge is 0.126 e. The number of aromatic nitrogens is 2. The molecule has 0 amide bonds. The highest BCUT2D eigenvalue weighted by atomic mass is 19.1. The molecule has 2 aliphatic heterocycles. The Kier molecular flexibility index (Phi) is 4.17. The molecule has 0 aliphatic carbocycles. The molecule has 2 bridgehead atoms. The minimum Gasteiger partial charge on any atom is -0.296 e. The van der Waals surface area contributed by atoms with E-state index in [0.717, 1.165) is 18.7 Å². The van der Waals surface area contributed by atoms with Gasteiger partial charge in [-0.2, -0.15) is 5.10 Å². The van der Waals surface area contributed by atoms with Crippen LogP contribution in [-0.4, -0.2) is 33.3 Å². The van der Waals surface area contributed by atoms with Crippen LogP contribution in [0.4, 0.5) is 4.39 Å². The van der Waals surface area contributed by atoms with E-state index in [9.17, 15) is 4.39 Å². The Labute approximate surface area is 143 Å². The van der Waals surface area contributed by atoms with Crippen LogP contribution >= 0.6 is 0 Å². The molecule has 128 valence electrons. The number of fused-ring (bicyclic) bond motifs is 2. The Bertz CT molecular complexity index is 709. The maximum absolute atomic E-state index is 13.5. The van der Waals surface area contributed by atoms with Gasteiger partial charge in [-0.1, -0.05) is 12.1 Å². The standard InChI is InChI=1S/C20H26FN3/c1-14-11-16(3-6-20(14)21)17-12-18-4-5-19(13-17)23(18)9-10-24-15(2)7-8-22-24/h3,6-8,11,17-19H,4-5,9-10,12-13H2,1-2H3/t17?,18-,19+. The largest absolute Gasteiger partial charge is 0.296 e. The summed E-state index contributed by atoms with van der Waals surface area (Å²) in [6.45, 7) is 6.05. The number of hydrogen-bond acceptors (Lipinski definition) is 2. The zero-order valence-corrected chi connectivity index (χ0v) is 14.6. The Morgan fingerprint density at radius 2 is 1.83 bits per heavy atom. The summed E-state index contributed by atoms with van der Waals surface area (Å²) in [5.74, 6) is 0.498. The van der Waals surface area contributed by atoms with Crippen molar-refractivity contribution in [2.75, 3.05) is 6.54 Å². The maximum Gasteiger partial charge on any atom is 0.126 e. The first-order valence-electron chi connectivity index (χ1n) is 9.12. The van der Waals surface area contributed by atoms with E-state index < -0.39 is 0 Å². The molecule has 24 heavy (non-hydrogen) atoms. The topological polar surface area (TPSA) is 21.1 Å². The molecule has 3 heterocycles. The van der Waals surface area contributed by atoms with Crippen molar-refractivity contribution in [3.8, 4) is 0 Å². The Morgan fingerprint density at radius 3 is 2.46 bits per heavy atom. The van der Waals surface area contributed by atoms with Crippen molar-refractivity contribution >= 4 is 0 Å². The molecule has 1 aromatic heterocycles. The molecule has 3 nitrogen and oxygen atoms in total. The molecular weight excluding hydrogens is 301 g/mol. The molecule has 0 spiro atoms. The summed E-state index contributed by atoms with van der Waals surface area (Å²) in [4.78, 5) is 2.70. The first kappa shape index (κ1) is 15.8. The lowest BCUT2D eigenvalue weighted by Gasteiger charge is -2.39. The van der Waals surface area contributed by atoms with Gasteiger partial charge >= 0.3 is 0 Å². The minimum atomic E-state index is -0.0891. The maximum atomic E-state index is 13.5. The molecule has 2 saturated heterocycles. The number of nitrogens with zero attached hydrogens (tertiary/aromatic N) is 3. The van der Waals surface area contributed by atoms with E-state index in [1.54, 1.807) is 6.07 Å². The molecule has 2 fully saturated rings. The third kappa shape index (κ3) is 2.88. The van der Waals surface area contributed by atoms with Gasteiger partial charge in [0.15, 0.2) is 0 Å². The van der Waals surface area contributed by atoms with E-state index in [0.29, 0.717) is 18.0 Å². The molecular formula is C20H26FN3. The summed E-state index contributed by atoms with van der Waals surface area (Å²) in [7, 11) is 0. The summed E-state index contributed by atoms with van der Waals surface area (Å²) in [6, 6.07) is 9.11. The molecule has 3 atom stereocenters. The van der Waals surface area contributed by atoms with Crippen LogP contribution < -0.4 is 0 Å². The normalized spacial score (nSPS) is 26.9. The van der Waals surface area contributed by atoms with Gasteiger partial charge in [0, 0.05) is 30.5 Å². The monoisotopic (exact) mass is 327 g/mol. The highest BCUT2D eigenvalue weighted by Crippen LogP contribution is 2.43. The van der Waals surface area contributed by atoms with Gasteiger partial charge in [-0.25, -0.2) is 4.39 Å². The molecule has 0 radical (unpaired) electrons. The summed E-state index contributed by atoms with van der Waals surface area (Å²) < 4.78 is 15.7. The number of rotatable bonds is 4. The van der Waals surface area contributed by atoms with Crippen molar-refractivity contribution < 1.29 is 4.39 Å². The molecule has 0 N–H and O–H groups in total. The van der Waals surface area contributed by atoms with Crippen molar-refractivity contribution in [1.82, 2.24) is 14.7 Å². The molecule has 0 saturated carbocycles. The first-order valence-corrected chi connectivity index (χ1v) is 9.12.